The van der Waals surface area contributed by atoms with Gasteiger partial charge in [0, 0.05) is 29.3 Å². The zero-order valence-electron chi connectivity index (χ0n) is 20.6. The van der Waals surface area contributed by atoms with Crippen LogP contribution in [0.5, 0.6) is 0 Å². The van der Waals surface area contributed by atoms with Crippen molar-refractivity contribution in [3.8, 4) is 0 Å². The van der Waals surface area contributed by atoms with Crippen LogP contribution >= 0.6 is 0 Å². The number of aliphatic hydroxyl groups excluding tert-OH is 2. The van der Waals surface area contributed by atoms with Crippen LogP contribution in [0.2, 0.25) is 18.6 Å². The van der Waals surface area contributed by atoms with Crippen molar-refractivity contribution in [2.24, 2.45) is 5.92 Å². The molecule has 2 aliphatic rings. The minimum Gasteiger partial charge on any atom is -0.432 e. The van der Waals surface area contributed by atoms with E-state index in [4.69, 9.17) is 4.74 Å². The van der Waals surface area contributed by atoms with Gasteiger partial charge in [-0.25, -0.2) is 0 Å². The summed E-state index contributed by atoms with van der Waals surface area (Å²) in [7, 11) is -2.79. The van der Waals surface area contributed by atoms with Crippen molar-refractivity contribution in [2.75, 3.05) is 16.8 Å². The fourth-order valence-corrected chi connectivity index (χ4v) is 8.32. The highest BCUT2D eigenvalue weighted by Gasteiger charge is 2.66. The maximum Gasteiger partial charge on any atom is 0.264 e. The number of aliphatic hydroxyl groups is 2. The molecule has 0 radical (unpaired) electrons. The van der Waals surface area contributed by atoms with Gasteiger partial charge in [0.05, 0.1) is 18.3 Å². The summed E-state index contributed by atoms with van der Waals surface area (Å²) >= 11 is 0. The number of ether oxygens (including phenoxy) is 1. The van der Waals surface area contributed by atoms with Crippen LogP contribution in [-0.4, -0.2) is 54.0 Å². The van der Waals surface area contributed by atoms with E-state index in [1.54, 1.807) is 23.1 Å². The number of benzene rings is 2. The molecule has 2 amide bonds. The second-order valence-electron chi connectivity index (χ2n) is 10.1. The van der Waals surface area contributed by atoms with E-state index < -0.39 is 32.0 Å². The highest BCUT2D eigenvalue weighted by atomic mass is 28.4. The van der Waals surface area contributed by atoms with Gasteiger partial charge in [0.1, 0.15) is 6.10 Å². The largest absolute Gasteiger partial charge is 0.432 e. The van der Waals surface area contributed by atoms with Gasteiger partial charge in [-0.1, -0.05) is 37.3 Å². The lowest BCUT2D eigenvalue weighted by molar-refractivity contribution is -0.146. The van der Waals surface area contributed by atoms with E-state index in [1.807, 2.05) is 50.3 Å². The molecule has 188 valence electrons. The Bertz CT molecular complexity index is 1100. The number of rotatable bonds is 7. The molecule has 2 heterocycles. The van der Waals surface area contributed by atoms with Crippen molar-refractivity contribution >= 4 is 31.5 Å². The van der Waals surface area contributed by atoms with Crippen molar-refractivity contribution in [3.63, 3.8) is 0 Å². The van der Waals surface area contributed by atoms with Crippen LogP contribution in [-0.2, 0) is 26.5 Å². The van der Waals surface area contributed by atoms with Crippen molar-refractivity contribution < 1.29 is 29.3 Å². The smallest absolute Gasteiger partial charge is 0.264 e. The molecule has 2 aromatic rings. The zero-order valence-corrected chi connectivity index (χ0v) is 21.6. The number of hydrogen-bond donors (Lipinski definition) is 4. The number of hydrogen-bond acceptors (Lipinski definition) is 6. The van der Waals surface area contributed by atoms with E-state index in [0.717, 1.165) is 5.56 Å². The van der Waals surface area contributed by atoms with Gasteiger partial charge in [0.2, 0.25) is 0 Å². The summed E-state index contributed by atoms with van der Waals surface area (Å²) in [5.74, 6) is -1.13. The topological polar surface area (TPSA) is 119 Å². The minimum atomic E-state index is -2.79. The second-order valence-corrected chi connectivity index (χ2v) is 14.1. The number of carbonyl (C=O) groups is 2. The molecule has 2 aliphatic heterocycles. The molecular formula is C26H34N2O6Si. The van der Waals surface area contributed by atoms with Crippen LogP contribution in [0.15, 0.2) is 48.5 Å². The molecule has 8 nitrogen and oxygen atoms in total. The molecule has 0 bridgehead atoms. The van der Waals surface area contributed by atoms with E-state index in [1.165, 1.54) is 6.92 Å². The normalized spacial score (nSPS) is 26.8. The number of nitrogens with one attached hydrogen (secondary N) is 1. The Hall–Kier alpha value is -2.56. The maximum absolute atomic E-state index is 14.2. The van der Waals surface area contributed by atoms with Crippen LogP contribution in [0.3, 0.4) is 0 Å². The number of fused-ring (bicyclic) bond motifs is 2. The first kappa shape index (κ1) is 25.5. The summed E-state index contributed by atoms with van der Waals surface area (Å²) in [6.07, 6.45) is -1.35. The van der Waals surface area contributed by atoms with Gasteiger partial charge >= 0.3 is 0 Å². The van der Waals surface area contributed by atoms with Crippen LogP contribution in [0.25, 0.3) is 0 Å². The molecule has 2 aromatic carbocycles. The van der Waals surface area contributed by atoms with Crippen LogP contribution in [0, 0.1) is 5.92 Å². The molecule has 1 fully saturated rings. The molecule has 4 rings (SSSR count). The van der Waals surface area contributed by atoms with Crippen molar-refractivity contribution in [3.05, 3.63) is 59.7 Å². The first-order chi connectivity index (χ1) is 16.5. The average molecular weight is 499 g/mol. The molecule has 4 N–H and O–H groups in total. The maximum atomic E-state index is 14.2. The molecule has 0 aromatic heterocycles. The predicted molar refractivity (Wildman–Crippen MR) is 135 cm³/mol. The van der Waals surface area contributed by atoms with E-state index >= 15 is 0 Å². The average Bonchev–Trinajstić information content (AvgIpc) is 3.22. The quantitative estimate of drug-likeness (QED) is 0.436. The Morgan fingerprint density at radius 3 is 2.51 bits per heavy atom. The highest BCUT2D eigenvalue weighted by Crippen LogP contribution is 2.60. The first-order valence-corrected chi connectivity index (χ1v) is 15.0. The van der Waals surface area contributed by atoms with Crippen molar-refractivity contribution in [1.82, 2.24) is 0 Å². The SMILES string of the molecule is C[C@H](O)C(=O)Nc1ccc2c(c1)[C@]1(O[C@@H](CCO)[C@H]([Si](C)(C)O)[C@H]1C)C(=O)N2Cc1ccccc1. The number of anilines is 2. The fraction of sp³-hybridized carbons (Fsp3) is 0.462. The molecule has 5 atom stereocenters. The summed E-state index contributed by atoms with van der Waals surface area (Å²) in [4.78, 5) is 39.2. The van der Waals surface area contributed by atoms with Gasteiger partial charge < -0.3 is 30.0 Å². The van der Waals surface area contributed by atoms with E-state index in [0.29, 0.717) is 29.9 Å². The third-order valence-corrected chi connectivity index (χ3v) is 9.73. The molecule has 1 spiro atoms. The lowest BCUT2D eigenvalue weighted by atomic mass is 9.82. The number of amides is 2. The lowest BCUT2D eigenvalue weighted by Crippen LogP contribution is -2.46. The van der Waals surface area contributed by atoms with Crippen molar-refractivity contribution in [2.45, 2.75) is 63.3 Å². The van der Waals surface area contributed by atoms with Gasteiger partial charge in [-0.3, -0.25) is 9.59 Å². The Morgan fingerprint density at radius 2 is 1.91 bits per heavy atom. The summed E-state index contributed by atoms with van der Waals surface area (Å²) in [5.41, 5.74) is 1.08. The van der Waals surface area contributed by atoms with Crippen LogP contribution in [0.1, 0.15) is 31.4 Å². The Labute approximate surface area is 206 Å². The highest BCUT2D eigenvalue weighted by molar-refractivity contribution is 6.71. The van der Waals surface area contributed by atoms with E-state index in [-0.39, 0.29) is 24.0 Å². The molecule has 0 aliphatic carbocycles. The van der Waals surface area contributed by atoms with E-state index in [9.17, 15) is 24.6 Å². The molecule has 0 saturated carbocycles. The Morgan fingerprint density at radius 1 is 1.23 bits per heavy atom. The number of nitrogens with zero attached hydrogens (tertiary/aromatic N) is 1. The molecule has 35 heavy (non-hydrogen) atoms. The zero-order chi connectivity index (χ0) is 25.5. The fourth-order valence-electron chi connectivity index (χ4n) is 5.72. The van der Waals surface area contributed by atoms with Crippen molar-refractivity contribution in [1.29, 1.82) is 0 Å². The monoisotopic (exact) mass is 498 g/mol. The molecule has 1 saturated heterocycles. The molecule has 0 unspecified atom stereocenters. The standard InChI is InChI=1S/C26H34N2O6Si/c1-16-23(35(3,4)33)22(12-13-29)34-26(16)20-14-19(27-24(31)17(2)30)10-11-21(20)28(25(26)32)15-18-8-6-5-7-9-18/h5-11,14,16-17,22-23,29-30,33H,12-13,15H2,1-4H3,(H,27,31)/t16-,17+,22+,23-,26+/m1/s1. The van der Waals surface area contributed by atoms with Gasteiger partial charge in [0.15, 0.2) is 13.9 Å². The number of carbonyl (C=O) groups excluding carboxylic acids is 2. The van der Waals surface area contributed by atoms with Gasteiger partial charge in [-0.2, -0.15) is 0 Å². The summed E-state index contributed by atoms with van der Waals surface area (Å²) in [6.45, 7) is 7.22. The summed E-state index contributed by atoms with van der Waals surface area (Å²) < 4.78 is 6.58. The third kappa shape index (κ3) is 4.43. The summed E-state index contributed by atoms with van der Waals surface area (Å²) in [6, 6.07) is 14.9. The minimum absolute atomic E-state index is 0.117. The predicted octanol–water partition coefficient (Wildman–Crippen LogP) is 2.73. The summed E-state index contributed by atoms with van der Waals surface area (Å²) in [5, 5.41) is 22.1. The third-order valence-electron chi connectivity index (χ3n) is 7.23. The van der Waals surface area contributed by atoms with Crippen LogP contribution < -0.4 is 10.2 Å². The Kier molecular flexibility index (Phi) is 6.91. The van der Waals surface area contributed by atoms with Gasteiger partial charge in [-0.15, -0.1) is 0 Å². The van der Waals surface area contributed by atoms with Gasteiger partial charge in [-0.05, 0) is 50.2 Å². The van der Waals surface area contributed by atoms with Gasteiger partial charge in [0.25, 0.3) is 11.8 Å². The second kappa shape index (κ2) is 9.48. The van der Waals surface area contributed by atoms with Crippen LogP contribution in [0.4, 0.5) is 11.4 Å². The Balaban J connectivity index is 1.84. The lowest BCUT2D eigenvalue weighted by Gasteiger charge is -2.32. The first-order valence-electron chi connectivity index (χ1n) is 12.0. The molecule has 9 heteroatoms. The van der Waals surface area contributed by atoms with E-state index in [2.05, 4.69) is 5.32 Å². The molecular weight excluding hydrogens is 464 g/mol.